The Morgan fingerprint density at radius 3 is 2.65 bits per heavy atom. The first-order chi connectivity index (χ1) is 16.6. The van der Waals surface area contributed by atoms with Gasteiger partial charge in [-0.05, 0) is 61.4 Å². The highest BCUT2D eigenvalue weighted by Crippen LogP contribution is 2.41. The van der Waals surface area contributed by atoms with E-state index in [1.54, 1.807) is 0 Å². The molecule has 0 saturated carbocycles. The van der Waals surface area contributed by atoms with E-state index in [-0.39, 0.29) is 11.8 Å². The second kappa shape index (κ2) is 11.4. The second-order valence-electron chi connectivity index (χ2n) is 8.25. The van der Waals surface area contributed by atoms with E-state index in [4.69, 9.17) is 0 Å². The zero-order valence-electron chi connectivity index (χ0n) is 19.1. The monoisotopic (exact) mass is 489 g/mol. The van der Waals surface area contributed by atoms with E-state index in [2.05, 4.69) is 16.7 Å². The summed E-state index contributed by atoms with van der Waals surface area (Å²) < 4.78 is 0. The first-order valence-electron chi connectivity index (χ1n) is 11.6. The van der Waals surface area contributed by atoms with Crippen LogP contribution in [0.15, 0.2) is 59.5 Å². The number of nitriles is 1. The number of hydrogen-bond donors (Lipinski definition) is 2. The summed E-state index contributed by atoms with van der Waals surface area (Å²) in [5.41, 5.74) is 3.32. The highest BCUT2D eigenvalue weighted by molar-refractivity contribution is 8.00. The van der Waals surface area contributed by atoms with Gasteiger partial charge in [-0.2, -0.15) is 5.26 Å². The van der Waals surface area contributed by atoms with Crippen LogP contribution in [-0.4, -0.2) is 11.8 Å². The Morgan fingerprint density at radius 2 is 1.88 bits per heavy atom. The number of nitrogens with one attached hydrogen (secondary N) is 2. The van der Waals surface area contributed by atoms with Crippen molar-refractivity contribution in [3.05, 3.63) is 76.2 Å². The van der Waals surface area contributed by atoms with Crippen LogP contribution in [-0.2, 0) is 22.4 Å². The number of thiophene rings is 1. The maximum absolute atomic E-state index is 13.5. The average molecular weight is 490 g/mol. The van der Waals surface area contributed by atoms with Crippen LogP contribution in [0.2, 0.25) is 0 Å². The van der Waals surface area contributed by atoms with Gasteiger partial charge in [0.1, 0.15) is 16.3 Å². The molecule has 4 rings (SSSR count). The van der Waals surface area contributed by atoms with E-state index >= 15 is 0 Å². The van der Waals surface area contributed by atoms with Crippen molar-refractivity contribution in [2.75, 3.05) is 10.6 Å². The van der Waals surface area contributed by atoms with Crippen LogP contribution in [0, 0.1) is 11.3 Å². The van der Waals surface area contributed by atoms with Crippen LogP contribution in [0.3, 0.4) is 0 Å². The van der Waals surface area contributed by atoms with Crippen LogP contribution >= 0.6 is 23.1 Å². The Hall–Kier alpha value is -3.08. The average Bonchev–Trinajstić information content (AvgIpc) is 3.20. The summed E-state index contributed by atoms with van der Waals surface area (Å²) in [6.45, 7) is 1.97. The minimum absolute atomic E-state index is 0.0207. The lowest BCUT2D eigenvalue weighted by atomic mass is 9.96. The van der Waals surface area contributed by atoms with Gasteiger partial charge in [0, 0.05) is 21.9 Å². The van der Waals surface area contributed by atoms with Gasteiger partial charge in [0.05, 0.1) is 5.56 Å². The standard InChI is InChI=1S/C27H27N3O2S2/c1-2-9-24(31)29-19-12-8-13-20(16-19)33-25(18-10-4-3-5-11-18)26(32)30-27-22(17-28)21-14-6-7-15-23(21)34-27/h3-5,8,10-13,16,25H,2,6-7,9,14-15H2,1H3,(H,29,31)(H,30,32). The summed E-state index contributed by atoms with van der Waals surface area (Å²) in [6.07, 6.45) is 5.33. The van der Waals surface area contributed by atoms with Gasteiger partial charge in [-0.1, -0.05) is 43.3 Å². The third-order valence-corrected chi connectivity index (χ3v) is 8.16. The molecule has 0 bridgehead atoms. The molecule has 0 spiro atoms. The lowest BCUT2D eigenvalue weighted by Gasteiger charge is -2.17. The predicted molar refractivity (Wildman–Crippen MR) is 139 cm³/mol. The number of carbonyl (C=O) groups excluding carboxylic acids is 2. The zero-order valence-corrected chi connectivity index (χ0v) is 20.7. The molecule has 1 aliphatic rings. The molecule has 7 heteroatoms. The normalized spacial score (nSPS) is 13.4. The third kappa shape index (κ3) is 5.69. The number of carbonyl (C=O) groups is 2. The van der Waals surface area contributed by atoms with Crippen molar-refractivity contribution in [1.82, 2.24) is 0 Å². The van der Waals surface area contributed by atoms with Crippen LogP contribution < -0.4 is 10.6 Å². The quantitative estimate of drug-likeness (QED) is 0.345. The van der Waals surface area contributed by atoms with E-state index in [1.165, 1.54) is 28.0 Å². The van der Waals surface area contributed by atoms with Gasteiger partial charge in [-0.15, -0.1) is 23.1 Å². The SMILES string of the molecule is CCCC(=O)Nc1cccc(SC(C(=O)Nc2sc3c(c2C#N)CCCC3)c2ccccc2)c1. The first kappa shape index (κ1) is 24.1. The lowest BCUT2D eigenvalue weighted by Crippen LogP contribution is -2.19. The number of nitrogens with zero attached hydrogens (tertiary/aromatic N) is 1. The molecule has 34 heavy (non-hydrogen) atoms. The third-order valence-electron chi connectivity index (χ3n) is 5.71. The van der Waals surface area contributed by atoms with E-state index < -0.39 is 5.25 Å². The number of benzene rings is 2. The van der Waals surface area contributed by atoms with Crippen LogP contribution in [0.5, 0.6) is 0 Å². The molecular weight excluding hydrogens is 462 g/mol. The fraction of sp³-hybridized carbons (Fsp3) is 0.296. The van der Waals surface area contributed by atoms with Crippen molar-refractivity contribution in [3.63, 3.8) is 0 Å². The molecule has 0 fully saturated rings. The van der Waals surface area contributed by atoms with Gasteiger partial charge in [-0.3, -0.25) is 9.59 Å². The molecule has 1 atom stereocenters. The molecule has 3 aromatic rings. The largest absolute Gasteiger partial charge is 0.326 e. The van der Waals surface area contributed by atoms with Crippen molar-refractivity contribution in [2.45, 2.75) is 55.6 Å². The molecule has 2 N–H and O–H groups in total. The highest BCUT2D eigenvalue weighted by Gasteiger charge is 2.26. The number of thioether (sulfide) groups is 1. The molecule has 2 amide bonds. The maximum Gasteiger partial charge on any atom is 0.243 e. The minimum Gasteiger partial charge on any atom is -0.326 e. The van der Waals surface area contributed by atoms with E-state index in [9.17, 15) is 14.9 Å². The van der Waals surface area contributed by atoms with Crippen LogP contribution in [0.1, 0.15) is 59.4 Å². The van der Waals surface area contributed by atoms with Crippen LogP contribution in [0.4, 0.5) is 10.7 Å². The predicted octanol–water partition coefficient (Wildman–Crippen LogP) is 6.71. The molecule has 0 aliphatic heterocycles. The minimum atomic E-state index is -0.506. The molecule has 5 nitrogen and oxygen atoms in total. The number of anilines is 2. The molecule has 1 heterocycles. The van der Waals surface area contributed by atoms with Gasteiger partial charge in [-0.25, -0.2) is 0 Å². The number of hydrogen-bond acceptors (Lipinski definition) is 5. The lowest BCUT2D eigenvalue weighted by molar-refractivity contribution is -0.116. The van der Waals surface area contributed by atoms with Gasteiger partial charge in [0.25, 0.3) is 0 Å². The molecule has 1 aromatic heterocycles. The Labute approximate surface area is 208 Å². The van der Waals surface area contributed by atoms with Crippen LogP contribution in [0.25, 0.3) is 0 Å². The summed E-state index contributed by atoms with van der Waals surface area (Å²) in [6, 6.07) is 19.5. The molecule has 0 saturated heterocycles. The Balaban J connectivity index is 1.58. The van der Waals surface area contributed by atoms with Gasteiger partial charge < -0.3 is 10.6 Å². The zero-order chi connectivity index (χ0) is 23.9. The summed E-state index contributed by atoms with van der Waals surface area (Å²) in [7, 11) is 0. The second-order valence-corrected chi connectivity index (χ2v) is 10.5. The van der Waals surface area contributed by atoms with E-state index in [0.717, 1.165) is 48.1 Å². The molecule has 1 unspecified atom stereocenters. The van der Waals surface area contributed by atoms with Crippen molar-refractivity contribution >= 4 is 45.6 Å². The Morgan fingerprint density at radius 1 is 1.09 bits per heavy atom. The Bertz CT molecular complexity index is 1210. The number of rotatable bonds is 8. The van der Waals surface area contributed by atoms with Gasteiger partial charge in [0.2, 0.25) is 11.8 Å². The molecular formula is C27H27N3O2S2. The van der Waals surface area contributed by atoms with Gasteiger partial charge >= 0.3 is 0 Å². The van der Waals surface area contributed by atoms with Crippen molar-refractivity contribution in [2.24, 2.45) is 0 Å². The fourth-order valence-corrected chi connectivity index (χ4v) is 6.41. The van der Waals surface area contributed by atoms with Crippen molar-refractivity contribution in [3.8, 4) is 6.07 Å². The number of fused-ring (bicyclic) bond motifs is 1. The number of aryl methyl sites for hydroxylation is 1. The highest BCUT2D eigenvalue weighted by atomic mass is 32.2. The summed E-state index contributed by atoms with van der Waals surface area (Å²) in [5, 5.41) is 15.9. The van der Waals surface area contributed by atoms with Crippen molar-refractivity contribution < 1.29 is 9.59 Å². The summed E-state index contributed by atoms with van der Waals surface area (Å²) >= 11 is 2.97. The maximum atomic E-state index is 13.5. The summed E-state index contributed by atoms with van der Waals surface area (Å²) in [5.74, 6) is -0.181. The van der Waals surface area contributed by atoms with E-state index in [1.807, 2.05) is 61.5 Å². The molecule has 174 valence electrons. The van der Waals surface area contributed by atoms with Gasteiger partial charge in [0.15, 0.2) is 0 Å². The van der Waals surface area contributed by atoms with Crippen molar-refractivity contribution in [1.29, 1.82) is 5.26 Å². The first-order valence-corrected chi connectivity index (χ1v) is 13.3. The molecule has 1 aliphatic carbocycles. The fourth-order valence-electron chi connectivity index (χ4n) is 4.08. The molecule has 2 aromatic carbocycles. The summed E-state index contributed by atoms with van der Waals surface area (Å²) in [4.78, 5) is 27.7. The molecule has 0 radical (unpaired) electrons. The smallest absolute Gasteiger partial charge is 0.243 e. The topological polar surface area (TPSA) is 82.0 Å². The Kier molecular flexibility index (Phi) is 8.04. The number of amides is 2. The van der Waals surface area contributed by atoms with E-state index in [0.29, 0.717) is 22.7 Å².